The lowest BCUT2D eigenvalue weighted by Crippen LogP contribution is -2.42. The third-order valence-electron chi connectivity index (χ3n) is 2.48. The second-order valence-corrected chi connectivity index (χ2v) is 3.90. The summed E-state index contributed by atoms with van der Waals surface area (Å²) in [6.45, 7) is 2.31. The minimum absolute atomic E-state index is 0.0769. The molecule has 1 aromatic heterocycles. The topological polar surface area (TPSA) is 86.9 Å². The number of aromatic nitrogens is 2. The van der Waals surface area contributed by atoms with E-state index in [0.717, 1.165) is 6.42 Å². The zero-order chi connectivity index (χ0) is 11.5. The Labute approximate surface area is 92.5 Å². The van der Waals surface area contributed by atoms with Gasteiger partial charge in [-0.2, -0.15) is 0 Å². The molecular weight excluding hydrogens is 208 g/mol. The molecule has 0 radical (unpaired) electrons. The van der Waals surface area contributed by atoms with E-state index in [0.29, 0.717) is 24.6 Å². The van der Waals surface area contributed by atoms with Gasteiger partial charge in [-0.25, -0.2) is 4.98 Å². The molecule has 1 aliphatic rings. The van der Waals surface area contributed by atoms with Gasteiger partial charge in [0, 0.05) is 25.1 Å². The van der Waals surface area contributed by atoms with Crippen molar-refractivity contribution in [2.24, 2.45) is 0 Å². The summed E-state index contributed by atoms with van der Waals surface area (Å²) < 4.78 is 0. The van der Waals surface area contributed by atoms with Crippen LogP contribution in [-0.4, -0.2) is 28.5 Å². The number of H-pyrrole nitrogens is 1. The Morgan fingerprint density at radius 2 is 2.31 bits per heavy atom. The Hall–Kier alpha value is -1.85. The molecule has 0 saturated carbocycles. The summed E-state index contributed by atoms with van der Waals surface area (Å²) >= 11 is 0. The first-order valence-electron chi connectivity index (χ1n) is 5.25. The van der Waals surface area contributed by atoms with Gasteiger partial charge < -0.3 is 15.6 Å². The maximum atomic E-state index is 11.2. The van der Waals surface area contributed by atoms with Gasteiger partial charge >= 0.3 is 0 Å². The zero-order valence-electron chi connectivity index (χ0n) is 9.04. The summed E-state index contributed by atoms with van der Waals surface area (Å²) in [6.07, 6.45) is 1.28. The molecule has 3 N–H and O–H groups in total. The summed E-state index contributed by atoms with van der Waals surface area (Å²) in [5, 5.41) is 5.90. The molecule has 0 bridgehead atoms. The van der Waals surface area contributed by atoms with Crippen LogP contribution in [0.25, 0.3) is 0 Å². The Balaban J connectivity index is 2.03. The van der Waals surface area contributed by atoms with Crippen LogP contribution in [0, 0.1) is 6.92 Å². The SMILES string of the molecule is Cc1nc(NC2CCC(=O)NC2)cc(=O)[nH]1. The molecule has 1 saturated heterocycles. The Bertz CT molecular complexity index is 444. The van der Waals surface area contributed by atoms with Crippen molar-refractivity contribution in [1.29, 1.82) is 0 Å². The van der Waals surface area contributed by atoms with Crippen molar-refractivity contribution in [2.75, 3.05) is 11.9 Å². The Morgan fingerprint density at radius 3 is 2.94 bits per heavy atom. The van der Waals surface area contributed by atoms with E-state index in [4.69, 9.17) is 0 Å². The molecule has 6 nitrogen and oxygen atoms in total. The molecule has 0 aromatic carbocycles. The molecule has 0 spiro atoms. The van der Waals surface area contributed by atoms with E-state index < -0.39 is 0 Å². The van der Waals surface area contributed by atoms with Crippen molar-refractivity contribution in [1.82, 2.24) is 15.3 Å². The first-order chi connectivity index (χ1) is 7.63. The zero-order valence-corrected chi connectivity index (χ0v) is 9.04. The maximum Gasteiger partial charge on any atom is 0.252 e. The van der Waals surface area contributed by atoms with Gasteiger partial charge in [-0.05, 0) is 13.3 Å². The minimum atomic E-state index is -0.171. The Morgan fingerprint density at radius 1 is 1.50 bits per heavy atom. The Kier molecular flexibility index (Phi) is 2.89. The van der Waals surface area contributed by atoms with E-state index in [1.807, 2.05) is 0 Å². The third kappa shape index (κ3) is 2.59. The van der Waals surface area contributed by atoms with E-state index in [1.54, 1.807) is 6.92 Å². The van der Waals surface area contributed by atoms with Crippen LogP contribution in [0.2, 0.25) is 0 Å². The number of hydrogen-bond donors (Lipinski definition) is 3. The number of amides is 1. The molecule has 6 heteroatoms. The molecule has 1 fully saturated rings. The number of nitrogens with zero attached hydrogens (tertiary/aromatic N) is 1. The first-order valence-corrected chi connectivity index (χ1v) is 5.25. The number of anilines is 1. The van der Waals surface area contributed by atoms with Gasteiger partial charge in [0.15, 0.2) is 0 Å². The van der Waals surface area contributed by atoms with Gasteiger partial charge in [0.1, 0.15) is 11.6 Å². The van der Waals surface area contributed by atoms with Crippen molar-refractivity contribution in [3.05, 3.63) is 22.2 Å². The number of aromatic amines is 1. The molecule has 1 aromatic rings. The average molecular weight is 222 g/mol. The van der Waals surface area contributed by atoms with Crippen LogP contribution in [-0.2, 0) is 4.79 Å². The summed E-state index contributed by atoms with van der Waals surface area (Å²) in [4.78, 5) is 28.9. The smallest absolute Gasteiger partial charge is 0.252 e. The fourth-order valence-corrected chi connectivity index (χ4v) is 1.72. The number of hydrogen-bond acceptors (Lipinski definition) is 4. The second-order valence-electron chi connectivity index (χ2n) is 3.90. The van der Waals surface area contributed by atoms with Crippen LogP contribution in [0.1, 0.15) is 18.7 Å². The highest BCUT2D eigenvalue weighted by Gasteiger charge is 2.17. The molecule has 1 aliphatic heterocycles. The number of aryl methyl sites for hydroxylation is 1. The highest BCUT2D eigenvalue weighted by Crippen LogP contribution is 2.08. The summed E-state index contributed by atoms with van der Waals surface area (Å²) in [6, 6.07) is 1.56. The van der Waals surface area contributed by atoms with Crippen LogP contribution in [0.4, 0.5) is 5.82 Å². The number of carbonyl (C=O) groups excluding carboxylic acids is 1. The van der Waals surface area contributed by atoms with Crippen molar-refractivity contribution in [3.8, 4) is 0 Å². The van der Waals surface area contributed by atoms with Gasteiger partial charge in [0.25, 0.3) is 5.56 Å². The maximum absolute atomic E-state index is 11.2. The van der Waals surface area contributed by atoms with Crippen LogP contribution in [0.3, 0.4) is 0 Å². The molecule has 1 unspecified atom stereocenters. The fraction of sp³-hybridized carbons (Fsp3) is 0.500. The summed E-state index contributed by atoms with van der Waals surface area (Å²) in [5.41, 5.74) is -0.171. The summed E-state index contributed by atoms with van der Waals surface area (Å²) in [5.74, 6) is 1.21. The third-order valence-corrected chi connectivity index (χ3v) is 2.48. The lowest BCUT2D eigenvalue weighted by atomic mass is 10.1. The lowest BCUT2D eigenvalue weighted by Gasteiger charge is -2.23. The highest BCUT2D eigenvalue weighted by molar-refractivity contribution is 5.76. The van der Waals surface area contributed by atoms with E-state index >= 15 is 0 Å². The molecule has 86 valence electrons. The lowest BCUT2D eigenvalue weighted by molar-refractivity contribution is -0.122. The van der Waals surface area contributed by atoms with Crippen molar-refractivity contribution in [3.63, 3.8) is 0 Å². The minimum Gasteiger partial charge on any atom is -0.365 e. The van der Waals surface area contributed by atoms with E-state index in [1.165, 1.54) is 6.07 Å². The van der Waals surface area contributed by atoms with E-state index in [2.05, 4.69) is 20.6 Å². The number of rotatable bonds is 2. The van der Waals surface area contributed by atoms with Gasteiger partial charge in [0.2, 0.25) is 5.91 Å². The normalized spacial score (nSPS) is 20.3. The molecule has 2 heterocycles. The molecule has 0 aliphatic carbocycles. The number of carbonyl (C=O) groups is 1. The van der Waals surface area contributed by atoms with Crippen LogP contribution >= 0.6 is 0 Å². The fourth-order valence-electron chi connectivity index (χ4n) is 1.72. The molecule has 1 atom stereocenters. The average Bonchev–Trinajstić information content (AvgIpc) is 2.20. The first kappa shape index (κ1) is 10.7. The molecular formula is C10H14N4O2. The van der Waals surface area contributed by atoms with Crippen molar-refractivity contribution < 1.29 is 4.79 Å². The van der Waals surface area contributed by atoms with Crippen molar-refractivity contribution in [2.45, 2.75) is 25.8 Å². The molecule has 2 rings (SSSR count). The summed E-state index contributed by atoms with van der Waals surface area (Å²) in [7, 11) is 0. The van der Waals surface area contributed by atoms with E-state index in [-0.39, 0.29) is 17.5 Å². The van der Waals surface area contributed by atoms with Crippen LogP contribution in [0.15, 0.2) is 10.9 Å². The standard InChI is InChI=1S/C10H14N4O2/c1-6-12-8(4-10(16)13-6)14-7-2-3-9(15)11-5-7/h4,7H,2-3,5H2,1H3,(H,11,15)(H2,12,13,14,16). The number of nitrogens with one attached hydrogen (secondary N) is 3. The quantitative estimate of drug-likeness (QED) is 0.645. The van der Waals surface area contributed by atoms with Gasteiger partial charge in [-0.3, -0.25) is 9.59 Å². The van der Waals surface area contributed by atoms with Crippen LogP contribution < -0.4 is 16.2 Å². The molecule has 1 amide bonds. The predicted octanol–water partition coefficient (Wildman–Crippen LogP) is -0.231. The number of piperidine rings is 1. The van der Waals surface area contributed by atoms with Crippen molar-refractivity contribution >= 4 is 11.7 Å². The largest absolute Gasteiger partial charge is 0.365 e. The van der Waals surface area contributed by atoms with E-state index in [9.17, 15) is 9.59 Å². The second kappa shape index (κ2) is 4.34. The highest BCUT2D eigenvalue weighted by atomic mass is 16.1. The predicted molar refractivity (Wildman–Crippen MR) is 59.2 cm³/mol. The monoisotopic (exact) mass is 222 g/mol. The van der Waals surface area contributed by atoms with Gasteiger partial charge in [-0.15, -0.1) is 0 Å². The van der Waals surface area contributed by atoms with Gasteiger partial charge in [0.05, 0.1) is 0 Å². The van der Waals surface area contributed by atoms with Gasteiger partial charge in [-0.1, -0.05) is 0 Å². The van der Waals surface area contributed by atoms with Crippen LogP contribution in [0.5, 0.6) is 0 Å². The molecule has 16 heavy (non-hydrogen) atoms.